The molecule has 0 aliphatic rings. The lowest BCUT2D eigenvalue weighted by molar-refractivity contribution is 0.627. The third-order valence-electron chi connectivity index (χ3n) is 4.06. The molecule has 0 saturated heterocycles. The molecule has 2 nitrogen and oxygen atoms in total. The number of hydrogen-bond acceptors (Lipinski definition) is 4. The monoisotopic (exact) mass is 398 g/mol. The number of thioether (sulfide) groups is 2. The largest absolute Gasteiger partial charge is 0.389 e. The minimum atomic E-state index is 0.469. The molecule has 5 heteroatoms. The molecule has 1 heterocycles. The molecule has 0 aliphatic heterocycles. The van der Waals surface area contributed by atoms with Crippen molar-refractivity contribution in [3.05, 3.63) is 17.7 Å². The molecule has 0 fully saturated rings. The maximum absolute atomic E-state index is 5.85. The fourth-order valence-corrected chi connectivity index (χ4v) is 4.57. The highest BCUT2D eigenvalue weighted by Gasteiger charge is 2.06. The summed E-state index contributed by atoms with van der Waals surface area (Å²) in [7, 11) is 0. The van der Waals surface area contributed by atoms with E-state index in [-0.39, 0.29) is 0 Å². The van der Waals surface area contributed by atoms with E-state index in [1.807, 2.05) is 35.7 Å². The first kappa shape index (κ1) is 22.8. The lowest BCUT2D eigenvalue weighted by Gasteiger charge is -2.08. The normalized spacial score (nSPS) is 11.0. The van der Waals surface area contributed by atoms with Crippen LogP contribution in [0.3, 0.4) is 0 Å². The Morgan fingerprint density at radius 1 is 0.840 bits per heavy atom. The lowest BCUT2D eigenvalue weighted by Crippen LogP contribution is -2.10. The average Bonchev–Trinajstić information content (AvgIpc) is 2.60. The van der Waals surface area contributed by atoms with E-state index in [0.717, 1.165) is 27.1 Å². The number of rotatable bonds is 15. The molecule has 0 saturated carbocycles. The predicted molar refractivity (Wildman–Crippen MR) is 119 cm³/mol. The van der Waals surface area contributed by atoms with Gasteiger partial charge < -0.3 is 5.73 Å². The molecule has 0 spiro atoms. The zero-order valence-electron chi connectivity index (χ0n) is 15.9. The maximum atomic E-state index is 5.85. The van der Waals surface area contributed by atoms with Crippen molar-refractivity contribution < 1.29 is 0 Å². The fraction of sp³-hybridized carbons (Fsp3) is 0.700. The highest BCUT2D eigenvalue weighted by atomic mass is 32.2. The summed E-state index contributed by atoms with van der Waals surface area (Å²) in [6.07, 6.45) is 13.1. The smallest absolute Gasteiger partial charge is 0.104 e. The first-order valence-electron chi connectivity index (χ1n) is 9.74. The number of pyridine rings is 1. The fourth-order valence-electron chi connectivity index (χ4n) is 2.54. The topological polar surface area (TPSA) is 38.9 Å². The summed E-state index contributed by atoms with van der Waals surface area (Å²) in [4.78, 5) is 5.26. The van der Waals surface area contributed by atoms with Gasteiger partial charge in [-0.1, -0.05) is 77.4 Å². The number of thiocarbonyl (C=S) groups is 1. The van der Waals surface area contributed by atoms with Gasteiger partial charge in [0.1, 0.15) is 4.99 Å². The summed E-state index contributed by atoms with van der Waals surface area (Å²) in [5.41, 5.74) is 6.80. The average molecular weight is 399 g/mol. The van der Waals surface area contributed by atoms with Crippen LogP contribution in [0.4, 0.5) is 0 Å². The van der Waals surface area contributed by atoms with Crippen molar-refractivity contribution in [2.45, 2.75) is 88.1 Å². The Balaban J connectivity index is 2.44. The molecule has 1 aromatic heterocycles. The maximum Gasteiger partial charge on any atom is 0.104 e. The van der Waals surface area contributed by atoms with Gasteiger partial charge in [0.2, 0.25) is 0 Å². The first-order valence-corrected chi connectivity index (χ1v) is 12.1. The van der Waals surface area contributed by atoms with Gasteiger partial charge in [-0.25, -0.2) is 4.98 Å². The van der Waals surface area contributed by atoms with Crippen molar-refractivity contribution in [1.29, 1.82) is 0 Å². The van der Waals surface area contributed by atoms with Crippen LogP contribution >= 0.6 is 35.7 Å². The quantitative estimate of drug-likeness (QED) is 0.199. The van der Waals surface area contributed by atoms with Gasteiger partial charge in [0.15, 0.2) is 0 Å². The third-order valence-corrected chi connectivity index (χ3v) is 6.29. The SMILES string of the molecule is CCCCCCCCSc1cc(C(N)=S)cc(SCCCCCC)n1. The summed E-state index contributed by atoms with van der Waals surface area (Å²) in [6, 6.07) is 4.09. The van der Waals surface area contributed by atoms with Gasteiger partial charge in [0, 0.05) is 5.56 Å². The molecule has 142 valence electrons. The predicted octanol–water partition coefficient (Wildman–Crippen LogP) is 6.84. The summed E-state index contributed by atoms with van der Waals surface area (Å²) in [5.74, 6) is 2.25. The van der Waals surface area contributed by atoms with Crippen molar-refractivity contribution in [2.75, 3.05) is 11.5 Å². The minimum absolute atomic E-state index is 0.469. The molecule has 0 aromatic carbocycles. The molecule has 0 radical (unpaired) electrons. The van der Waals surface area contributed by atoms with Crippen molar-refractivity contribution in [2.24, 2.45) is 5.73 Å². The van der Waals surface area contributed by atoms with Crippen LogP contribution in [0.2, 0.25) is 0 Å². The zero-order valence-corrected chi connectivity index (χ0v) is 18.3. The Bertz CT molecular complexity index is 492. The van der Waals surface area contributed by atoms with E-state index in [0.29, 0.717) is 4.99 Å². The molecule has 2 N–H and O–H groups in total. The molecule has 1 aromatic rings. The van der Waals surface area contributed by atoms with Crippen LogP contribution in [0.5, 0.6) is 0 Å². The molecule has 0 unspecified atom stereocenters. The minimum Gasteiger partial charge on any atom is -0.389 e. The second kappa shape index (κ2) is 14.9. The van der Waals surface area contributed by atoms with Crippen LogP contribution in [0, 0.1) is 0 Å². The number of aromatic nitrogens is 1. The highest BCUT2D eigenvalue weighted by molar-refractivity contribution is 7.99. The zero-order chi connectivity index (χ0) is 18.3. The van der Waals surface area contributed by atoms with E-state index in [4.69, 9.17) is 22.9 Å². The molecule has 25 heavy (non-hydrogen) atoms. The van der Waals surface area contributed by atoms with E-state index < -0.39 is 0 Å². The Labute approximate surface area is 168 Å². The second-order valence-corrected chi connectivity index (χ2v) is 9.09. The van der Waals surface area contributed by atoms with Crippen LogP contribution in [0.15, 0.2) is 22.2 Å². The van der Waals surface area contributed by atoms with E-state index in [1.54, 1.807) is 0 Å². The summed E-state index contributed by atoms with van der Waals surface area (Å²) >= 11 is 8.84. The first-order chi connectivity index (χ1) is 12.2. The van der Waals surface area contributed by atoms with Gasteiger partial charge in [-0.05, 0) is 36.5 Å². The molecule has 0 atom stereocenters. The molecule has 0 bridgehead atoms. The van der Waals surface area contributed by atoms with Crippen molar-refractivity contribution in [1.82, 2.24) is 4.98 Å². The van der Waals surface area contributed by atoms with E-state index >= 15 is 0 Å². The second-order valence-electron chi connectivity index (χ2n) is 6.42. The van der Waals surface area contributed by atoms with Crippen LogP contribution in [0.1, 0.15) is 83.6 Å². The Morgan fingerprint density at radius 3 is 1.76 bits per heavy atom. The van der Waals surface area contributed by atoms with Crippen molar-refractivity contribution >= 4 is 40.7 Å². The van der Waals surface area contributed by atoms with Crippen LogP contribution in [0.25, 0.3) is 0 Å². The summed E-state index contributed by atoms with van der Waals surface area (Å²) in [5, 5.41) is 2.13. The van der Waals surface area contributed by atoms with Crippen LogP contribution in [-0.2, 0) is 0 Å². The molecule has 0 amide bonds. The van der Waals surface area contributed by atoms with Gasteiger partial charge in [-0.3, -0.25) is 0 Å². The number of nitrogens with zero attached hydrogens (tertiary/aromatic N) is 1. The van der Waals surface area contributed by atoms with E-state index in [1.165, 1.54) is 64.2 Å². The Kier molecular flexibility index (Phi) is 13.5. The summed E-state index contributed by atoms with van der Waals surface area (Å²) in [6.45, 7) is 4.50. The summed E-state index contributed by atoms with van der Waals surface area (Å²) < 4.78 is 0. The number of hydrogen-bond donors (Lipinski definition) is 1. The highest BCUT2D eigenvalue weighted by Crippen LogP contribution is 2.25. The molecule has 0 aliphatic carbocycles. The number of unbranched alkanes of at least 4 members (excludes halogenated alkanes) is 8. The van der Waals surface area contributed by atoms with Crippen molar-refractivity contribution in [3.63, 3.8) is 0 Å². The van der Waals surface area contributed by atoms with Crippen LogP contribution in [-0.4, -0.2) is 21.5 Å². The van der Waals surface area contributed by atoms with Gasteiger partial charge in [-0.2, -0.15) is 0 Å². The van der Waals surface area contributed by atoms with Crippen LogP contribution < -0.4 is 5.73 Å². The molecule has 1 rings (SSSR count). The molecular formula is C20H34N2S3. The Morgan fingerprint density at radius 2 is 1.28 bits per heavy atom. The van der Waals surface area contributed by atoms with E-state index in [2.05, 4.69) is 13.8 Å². The standard InChI is InChI=1S/C20H34N2S3/c1-3-5-7-9-10-12-14-25-19-16-17(20(21)23)15-18(22-19)24-13-11-8-6-4-2/h15-16H,3-14H2,1-2H3,(H2,21,23). The number of nitrogens with two attached hydrogens (primary N) is 1. The third kappa shape index (κ3) is 11.1. The Hall–Kier alpha value is -0.260. The van der Waals surface area contributed by atoms with Gasteiger partial charge in [-0.15, -0.1) is 23.5 Å². The van der Waals surface area contributed by atoms with Gasteiger partial charge >= 0.3 is 0 Å². The lowest BCUT2D eigenvalue weighted by atomic mass is 10.1. The van der Waals surface area contributed by atoms with Gasteiger partial charge in [0.05, 0.1) is 10.1 Å². The molecular weight excluding hydrogens is 364 g/mol. The van der Waals surface area contributed by atoms with Crippen molar-refractivity contribution in [3.8, 4) is 0 Å². The van der Waals surface area contributed by atoms with E-state index in [9.17, 15) is 0 Å². The van der Waals surface area contributed by atoms with Gasteiger partial charge in [0.25, 0.3) is 0 Å².